The van der Waals surface area contributed by atoms with Crippen LogP contribution in [0.15, 0.2) is 36.5 Å². The molecule has 1 N–H and O–H groups in total. The monoisotopic (exact) mass is 249 g/mol. The normalized spacial score (nSPS) is 10.3. The van der Waals surface area contributed by atoms with Crippen LogP contribution in [0.1, 0.15) is 5.56 Å². The first-order valence-corrected chi connectivity index (χ1v) is 5.52. The van der Waals surface area contributed by atoms with Crippen LogP contribution in [0.5, 0.6) is 5.88 Å². The average molecular weight is 250 g/mol. The van der Waals surface area contributed by atoms with Gasteiger partial charge in [0.2, 0.25) is 5.88 Å². The zero-order valence-electron chi connectivity index (χ0n) is 9.35. The predicted octanol–water partition coefficient (Wildman–Crippen LogP) is 2.90. The summed E-state index contributed by atoms with van der Waals surface area (Å²) in [4.78, 5) is 4.13. The van der Waals surface area contributed by atoms with Crippen LogP contribution in [0.3, 0.4) is 0 Å². The van der Waals surface area contributed by atoms with Gasteiger partial charge in [-0.2, -0.15) is 0 Å². The number of methoxy groups -OCH3 is 1. The van der Waals surface area contributed by atoms with Gasteiger partial charge in [0, 0.05) is 16.8 Å². The molecule has 1 aromatic carbocycles. The van der Waals surface area contributed by atoms with Gasteiger partial charge in [-0.15, -0.1) is 0 Å². The van der Waals surface area contributed by atoms with Crippen molar-refractivity contribution >= 4 is 11.6 Å². The SMILES string of the molecule is COc1ncccc1-c1ccc(Cl)cc1CO. The average Bonchev–Trinajstić information content (AvgIpc) is 2.38. The molecule has 0 aliphatic rings. The maximum Gasteiger partial charge on any atom is 0.221 e. The first kappa shape index (κ1) is 11.9. The van der Waals surface area contributed by atoms with Gasteiger partial charge in [0.15, 0.2) is 0 Å². The number of hydrogen-bond donors (Lipinski definition) is 1. The molecule has 17 heavy (non-hydrogen) atoms. The van der Waals surface area contributed by atoms with Crippen molar-refractivity contribution in [2.75, 3.05) is 7.11 Å². The lowest BCUT2D eigenvalue weighted by atomic mass is 10.0. The fourth-order valence-corrected chi connectivity index (χ4v) is 1.91. The second kappa shape index (κ2) is 5.17. The Morgan fingerprint density at radius 3 is 2.82 bits per heavy atom. The minimum atomic E-state index is -0.0755. The Bertz CT molecular complexity index is 529. The maximum absolute atomic E-state index is 9.35. The zero-order valence-corrected chi connectivity index (χ0v) is 10.1. The highest BCUT2D eigenvalue weighted by Crippen LogP contribution is 2.31. The van der Waals surface area contributed by atoms with Crippen molar-refractivity contribution in [2.45, 2.75) is 6.61 Å². The molecular formula is C13H12ClNO2. The Hall–Kier alpha value is -1.58. The third-order valence-corrected chi connectivity index (χ3v) is 2.73. The summed E-state index contributed by atoms with van der Waals surface area (Å²) in [7, 11) is 1.57. The number of rotatable bonds is 3. The van der Waals surface area contributed by atoms with Gasteiger partial charge in [0.1, 0.15) is 0 Å². The number of halogens is 1. The van der Waals surface area contributed by atoms with Gasteiger partial charge in [-0.3, -0.25) is 0 Å². The van der Waals surface area contributed by atoms with E-state index < -0.39 is 0 Å². The van der Waals surface area contributed by atoms with E-state index >= 15 is 0 Å². The van der Waals surface area contributed by atoms with Gasteiger partial charge in [-0.25, -0.2) is 4.98 Å². The second-order valence-corrected chi connectivity index (χ2v) is 3.96. The highest BCUT2D eigenvalue weighted by molar-refractivity contribution is 6.30. The molecule has 0 radical (unpaired) electrons. The van der Waals surface area contributed by atoms with Crippen molar-refractivity contribution in [2.24, 2.45) is 0 Å². The van der Waals surface area contributed by atoms with E-state index in [1.54, 1.807) is 25.4 Å². The summed E-state index contributed by atoms with van der Waals surface area (Å²) in [5.74, 6) is 0.532. The van der Waals surface area contributed by atoms with Gasteiger partial charge < -0.3 is 9.84 Å². The summed E-state index contributed by atoms with van der Waals surface area (Å²) in [6, 6.07) is 9.10. The minimum absolute atomic E-state index is 0.0755. The number of aromatic nitrogens is 1. The molecule has 0 unspecified atom stereocenters. The highest BCUT2D eigenvalue weighted by atomic mass is 35.5. The van der Waals surface area contributed by atoms with Gasteiger partial charge in [0.05, 0.1) is 13.7 Å². The summed E-state index contributed by atoms with van der Waals surface area (Å²) >= 11 is 5.90. The van der Waals surface area contributed by atoms with Crippen molar-refractivity contribution in [3.63, 3.8) is 0 Å². The first-order chi connectivity index (χ1) is 8.26. The Morgan fingerprint density at radius 2 is 2.12 bits per heavy atom. The molecule has 0 aliphatic heterocycles. The van der Waals surface area contributed by atoms with E-state index in [0.29, 0.717) is 10.9 Å². The Balaban J connectivity index is 2.59. The number of ether oxygens (including phenoxy) is 1. The lowest BCUT2D eigenvalue weighted by molar-refractivity contribution is 0.282. The van der Waals surface area contributed by atoms with Gasteiger partial charge in [-0.1, -0.05) is 17.7 Å². The molecular weight excluding hydrogens is 238 g/mol. The number of hydrogen-bond acceptors (Lipinski definition) is 3. The zero-order chi connectivity index (χ0) is 12.3. The molecule has 0 spiro atoms. The Labute approximate surface area is 105 Å². The summed E-state index contributed by atoms with van der Waals surface area (Å²) < 4.78 is 5.20. The van der Waals surface area contributed by atoms with Crippen LogP contribution >= 0.6 is 11.6 Å². The predicted molar refractivity (Wildman–Crippen MR) is 67.2 cm³/mol. The summed E-state index contributed by atoms with van der Waals surface area (Å²) in [6.45, 7) is -0.0755. The first-order valence-electron chi connectivity index (χ1n) is 5.15. The summed E-state index contributed by atoms with van der Waals surface area (Å²) in [5, 5.41) is 9.95. The molecule has 88 valence electrons. The molecule has 0 saturated carbocycles. The number of benzene rings is 1. The van der Waals surface area contributed by atoms with Crippen LogP contribution in [-0.2, 0) is 6.61 Å². The number of pyridine rings is 1. The standard InChI is InChI=1S/C13H12ClNO2/c1-17-13-12(3-2-6-15-13)11-5-4-10(14)7-9(11)8-16/h2-7,16H,8H2,1H3. The van der Waals surface area contributed by atoms with Crippen LogP contribution in [0.2, 0.25) is 5.02 Å². The van der Waals surface area contributed by atoms with Gasteiger partial charge >= 0.3 is 0 Å². The van der Waals surface area contributed by atoms with Crippen molar-refractivity contribution in [3.8, 4) is 17.0 Å². The van der Waals surface area contributed by atoms with E-state index in [1.807, 2.05) is 18.2 Å². The third kappa shape index (κ3) is 2.40. The second-order valence-electron chi connectivity index (χ2n) is 3.52. The molecule has 4 heteroatoms. The molecule has 0 saturated heterocycles. The molecule has 0 bridgehead atoms. The number of aliphatic hydroxyl groups excluding tert-OH is 1. The highest BCUT2D eigenvalue weighted by Gasteiger charge is 2.10. The molecule has 0 fully saturated rings. The smallest absolute Gasteiger partial charge is 0.221 e. The van der Waals surface area contributed by atoms with Crippen LogP contribution in [-0.4, -0.2) is 17.2 Å². The summed E-state index contributed by atoms with van der Waals surface area (Å²) in [5.41, 5.74) is 2.47. The fourth-order valence-electron chi connectivity index (χ4n) is 1.71. The van der Waals surface area contributed by atoms with Crippen LogP contribution in [0.25, 0.3) is 11.1 Å². The van der Waals surface area contributed by atoms with E-state index in [-0.39, 0.29) is 6.61 Å². The minimum Gasteiger partial charge on any atom is -0.481 e. The lowest BCUT2D eigenvalue weighted by Gasteiger charge is -2.11. The molecule has 0 atom stereocenters. The van der Waals surface area contributed by atoms with E-state index in [2.05, 4.69) is 4.98 Å². The van der Waals surface area contributed by atoms with Crippen molar-refractivity contribution < 1.29 is 9.84 Å². The third-order valence-electron chi connectivity index (χ3n) is 2.49. The van der Waals surface area contributed by atoms with Crippen molar-refractivity contribution in [3.05, 3.63) is 47.1 Å². The fraction of sp³-hybridized carbons (Fsp3) is 0.154. The molecule has 0 amide bonds. The van der Waals surface area contributed by atoms with E-state index in [1.165, 1.54) is 0 Å². The number of nitrogens with zero attached hydrogens (tertiary/aromatic N) is 1. The van der Waals surface area contributed by atoms with E-state index in [9.17, 15) is 5.11 Å². The molecule has 1 heterocycles. The quantitative estimate of drug-likeness (QED) is 0.910. The van der Waals surface area contributed by atoms with E-state index in [0.717, 1.165) is 16.7 Å². The van der Waals surface area contributed by atoms with Crippen molar-refractivity contribution in [1.82, 2.24) is 4.98 Å². The van der Waals surface area contributed by atoms with E-state index in [4.69, 9.17) is 16.3 Å². The maximum atomic E-state index is 9.35. The molecule has 0 aliphatic carbocycles. The van der Waals surface area contributed by atoms with Crippen LogP contribution < -0.4 is 4.74 Å². The Kier molecular flexibility index (Phi) is 3.61. The lowest BCUT2D eigenvalue weighted by Crippen LogP contribution is -1.94. The Morgan fingerprint density at radius 1 is 1.29 bits per heavy atom. The molecule has 1 aromatic heterocycles. The van der Waals surface area contributed by atoms with Gasteiger partial charge in [0.25, 0.3) is 0 Å². The van der Waals surface area contributed by atoms with Crippen LogP contribution in [0, 0.1) is 0 Å². The largest absolute Gasteiger partial charge is 0.481 e. The number of aliphatic hydroxyl groups is 1. The molecule has 2 rings (SSSR count). The molecule has 3 nitrogen and oxygen atoms in total. The topological polar surface area (TPSA) is 42.4 Å². The molecule has 2 aromatic rings. The van der Waals surface area contributed by atoms with Crippen LogP contribution in [0.4, 0.5) is 0 Å². The van der Waals surface area contributed by atoms with Crippen molar-refractivity contribution in [1.29, 1.82) is 0 Å². The van der Waals surface area contributed by atoms with Gasteiger partial charge in [-0.05, 0) is 35.4 Å². The summed E-state index contributed by atoms with van der Waals surface area (Å²) in [6.07, 6.45) is 1.66.